The third kappa shape index (κ3) is 3.23. The number of fused-ring (bicyclic) bond motifs is 2. The first-order valence-corrected chi connectivity index (χ1v) is 10.3. The predicted molar refractivity (Wildman–Crippen MR) is 102 cm³/mol. The first-order chi connectivity index (χ1) is 12.9. The van der Waals surface area contributed by atoms with E-state index in [1.165, 1.54) is 45.3 Å². The maximum atomic E-state index is 6.00. The van der Waals surface area contributed by atoms with Crippen LogP contribution in [0, 0.1) is 17.8 Å². The van der Waals surface area contributed by atoms with Crippen molar-refractivity contribution in [1.29, 1.82) is 0 Å². The van der Waals surface area contributed by atoms with Gasteiger partial charge in [0.25, 0.3) is 0 Å². The molecule has 1 saturated carbocycles. The Balaban J connectivity index is 1.03. The molecule has 140 valence electrons. The summed E-state index contributed by atoms with van der Waals surface area (Å²) in [5.41, 5.74) is 0.886. The predicted octanol–water partition coefficient (Wildman–Crippen LogP) is 3.40. The largest absolute Gasteiger partial charge is 0.381 e. The van der Waals surface area contributed by atoms with Crippen molar-refractivity contribution < 1.29 is 9.26 Å². The summed E-state index contributed by atoms with van der Waals surface area (Å²) in [6, 6.07) is 8.15. The summed E-state index contributed by atoms with van der Waals surface area (Å²) in [6.07, 6.45) is 5.35. The molecule has 1 aliphatic carbocycles. The third-order valence-corrected chi connectivity index (χ3v) is 6.55. The van der Waals surface area contributed by atoms with Gasteiger partial charge in [0.15, 0.2) is 11.4 Å². The number of para-hydroxylation sites is 1. The second-order valence-electron chi connectivity index (χ2n) is 8.23. The highest BCUT2D eigenvalue weighted by Gasteiger charge is 2.56. The van der Waals surface area contributed by atoms with Gasteiger partial charge < -0.3 is 19.1 Å². The highest BCUT2D eigenvalue weighted by molar-refractivity contribution is 5.88. The van der Waals surface area contributed by atoms with E-state index in [-0.39, 0.29) is 0 Å². The zero-order valence-electron chi connectivity index (χ0n) is 15.5. The molecule has 2 saturated heterocycles. The Bertz CT molecular complexity index is 728. The molecule has 0 amide bonds. The monoisotopic (exact) mass is 355 g/mol. The summed E-state index contributed by atoms with van der Waals surface area (Å²) in [6.45, 7) is 7.86. The number of ether oxygens (including phenoxy) is 1. The van der Waals surface area contributed by atoms with Crippen LogP contribution in [-0.2, 0) is 4.74 Å². The van der Waals surface area contributed by atoms with Crippen molar-refractivity contribution in [2.24, 2.45) is 17.8 Å². The second kappa shape index (κ2) is 7.20. The number of anilines is 1. The maximum Gasteiger partial charge on any atom is 0.179 e. The van der Waals surface area contributed by atoms with Crippen molar-refractivity contribution in [2.45, 2.75) is 25.7 Å². The van der Waals surface area contributed by atoms with Gasteiger partial charge in [-0.2, -0.15) is 0 Å². The highest BCUT2D eigenvalue weighted by Crippen LogP contribution is 2.53. The molecule has 5 nitrogen and oxygen atoms in total. The Morgan fingerprint density at radius 2 is 1.88 bits per heavy atom. The Morgan fingerprint density at radius 1 is 1.08 bits per heavy atom. The van der Waals surface area contributed by atoms with Crippen LogP contribution in [0.1, 0.15) is 25.7 Å². The topological polar surface area (TPSA) is 41.7 Å². The van der Waals surface area contributed by atoms with Crippen LogP contribution in [0.2, 0.25) is 0 Å². The molecule has 2 aromatic rings. The van der Waals surface area contributed by atoms with E-state index in [1.54, 1.807) is 0 Å². The lowest BCUT2D eigenvalue weighted by Gasteiger charge is -2.26. The van der Waals surface area contributed by atoms with Crippen molar-refractivity contribution in [2.75, 3.05) is 50.8 Å². The van der Waals surface area contributed by atoms with Gasteiger partial charge in [-0.1, -0.05) is 23.7 Å². The van der Waals surface area contributed by atoms with E-state index in [0.717, 1.165) is 60.8 Å². The molecule has 3 heterocycles. The molecule has 26 heavy (non-hydrogen) atoms. The molecule has 2 aliphatic heterocycles. The fourth-order valence-electron chi connectivity index (χ4n) is 4.96. The summed E-state index contributed by atoms with van der Waals surface area (Å²) in [4.78, 5) is 4.99. The molecule has 3 fully saturated rings. The first-order valence-electron chi connectivity index (χ1n) is 10.3. The fraction of sp³-hybridized carbons (Fsp3) is 0.667. The Labute approximate surface area is 155 Å². The van der Waals surface area contributed by atoms with Crippen LogP contribution in [-0.4, -0.2) is 56.0 Å². The molecular formula is C21H29N3O2. The second-order valence-corrected chi connectivity index (χ2v) is 8.23. The number of likely N-dealkylation sites (tertiary alicyclic amines) is 1. The van der Waals surface area contributed by atoms with E-state index in [0.29, 0.717) is 0 Å². The molecular weight excluding hydrogens is 326 g/mol. The Kier molecular flexibility index (Phi) is 4.59. The quantitative estimate of drug-likeness (QED) is 0.712. The number of nitrogens with zero attached hydrogens (tertiary/aromatic N) is 3. The minimum atomic E-state index is 0.763. The first kappa shape index (κ1) is 16.6. The molecule has 0 spiro atoms. The normalized spacial score (nSPS) is 28.6. The van der Waals surface area contributed by atoms with Gasteiger partial charge in [-0.05, 0) is 62.2 Å². The van der Waals surface area contributed by atoms with Gasteiger partial charge in [0.2, 0.25) is 0 Å². The molecule has 5 rings (SSSR count). The lowest BCUT2D eigenvalue weighted by atomic mass is 10.1. The van der Waals surface area contributed by atoms with Crippen LogP contribution in [0.3, 0.4) is 0 Å². The lowest BCUT2D eigenvalue weighted by Crippen LogP contribution is -2.31. The average Bonchev–Trinajstić information content (AvgIpc) is 3.05. The number of aromatic nitrogens is 1. The van der Waals surface area contributed by atoms with Gasteiger partial charge in [0, 0.05) is 26.2 Å². The van der Waals surface area contributed by atoms with Crippen LogP contribution in [0.5, 0.6) is 0 Å². The summed E-state index contributed by atoms with van der Waals surface area (Å²) >= 11 is 0. The van der Waals surface area contributed by atoms with E-state index in [1.807, 2.05) is 12.1 Å². The van der Waals surface area contributed by atoms with Crippen molar-refractivity contribution >= 4 is 16.8 Å². The summed E-state index contributed by atoms with van der Waals surface area (Å²) in [5.74, 6) is 3.36. The van der Waals surface area contributed by atoms with Crippen LogP contribution < -0.4 is 4.90 Å². The SMILES string of the molecule is c1ccc2c(N3CC4C(COCCCN5CCCCC5)C4C3)noc2c1. The molecule has 2 atom stereocenters. The number of hydrogen-bond donors (Lipinski definition) is 0. The molecule has 0 radical (unpaired) electrons. The zero-order chi connectivity index (χ0) is 17.3. The van der Waals surface area contributed by atoms with Gasteiger partial charge in [0.1, 0.15) is 0 Å². The number of hydrogen-bond acceptors (Lipinski definition) is 5. The number of rotatable bonds is 7. The minimum Gasteiger partial charge on any atom is -0.381 e. The van der Waals surface area contributed by atoms with Crippen LogP contribution >= 0.6 is 0 Å². The van der Waals surface area contributed by atoms with E-state index >= 15 is 0 Å². The van der Waals surface area contributed by atoms with Gasteiger partial charge in [-0.3, -0.25) is 0 Å². The standard InChI is InChI=1S/C21H29N3O2/c1-4-9-23(10-5-1)11-6-12-25-15-19-17-13-24(14-18(17)19)21-16-7-2-3-8-20(16)26-22-21/h2-3,7-8,17-19H,1,4-6,9-15H2. The molecule has 2 unspecified atom stereocenters. The highest BCUT2D eigenvalue weighted by atomic mass is 16.5. The van der Waals surface area contributed by atoms with Gasteiger partial charge in [-0.15, -0.1) is 0 Å². The van der Waals surface area contributed by atoms with Gasteiger partial charge in [-0.25, -0.2) is 0 Å². The van der Waals surface area contributed by atoms with Crippen molar-refractivity contribution in [3.05, 3.63) is 24.3 Å². The van der Waals surface area contributed by atoms with Crippen molar-refractivity contribution in [3.8, 4) is 0 Å². The van der Waals surface area contributed by atoms with E-state index in [2.05, 4.69) is 27.1 Å². The van der Waals surface area contributed by atoms with Gasteiger partial charge >= 0.3 is 0 Å². The summed E-state index contributed by atoms with van der Waals surface area (Å²) in [5, 5.41) is 5.44. The number of piperidine rings is 2. The third-order valence-electron chi connectivity index (χ3n) is 6.55. The Hall–Kier alpha value is -1.59. The molecule has 5 heteroatoms. The molecule has 3 aliphatic rings. The van der Waals surface area contributed by atoms with E-state index in [9.17, 15) is 0 Å². The fourth-order valence-corrected chi connectivity index (χ4v) is 4.96. The summed E-state index contributed by atoms with van der Waals surface area (Å²) < 4.78 is 11.5. The van der Waals surface area contributed by atoms with Crippen LogP contribution in [0.15, 0.2) is 28.8 Å². The molecule has 1 aromatic carbocycles. The Morgan fingerprint density at radius 3 is 2.73 bits per heavy atom. The lowest BCUT2D eigenvalue weighted by molar-refractivity contribution is 0.103. The van der Waals surface area contributed by atoms with E-state index < -0.39 is 0 Å². The van der Waals surface area contributed by atoms with Crippen molar-refractivity contribution in [3.63, 3.8) is 0 Å². The smallest absolute Gasteiger partial charge is 0.179 e. The maximum absolute atomic E-state index is 6.00. The molecule has 1 aromatic heterocycles. The van der Waals surface area contributed by atoms with Gasteiger partial charge in [0.05, 0.1) is 12.0 Å². The molecule has 0 N–H and O–H groups in total. The van der Waals surface area contributed by atoms with Crippen molar-refractivity contribution in [1.82, 2.24) is 10.1 Å². The summed E-state index contributed by atoms with van der Waals surface area (Å²) in [7, 11) is 0. The zero-order valence-corrected chi connectivity index (χ0v) is 15.5. The average molecular weight is 355 g/mol. The minimum absolute atomic E-state index is 0.763. The van der Waals surface area contributed by atoms with Crippen LogP contribution in [0.4, 0.5) is 5.82 Å². The molecule has 0 bridgehead atoms. The van der Waals surface area contributed by atoms with Crippen LogP contribution in [0.25, 0.3) is 11.0 Å². The number of benzene rings is 1. The van der Waals surface area contributed by atoms with E-state index in [4.69, 9.17) is 9.26 Å².